The summed E-state index contributed by atoms with van der Waals surface area (Å²) in [5.41, 5.74) is 4.43. The predicted molar refractivity (Wildman–Crippen MR) is 176 cm³/mol. The van der Waals surface area contributed by atoms with Crippen LogP contribution < -0.4 is 10.6 Å². The third-order valence-corrected chi connectivity index (χ3v) is 7.14. The number of hydrogen-bond acceptors (Lipinski definition) is 11. The number of nitrogens with zero attached hydrogens (tertiary/aromatic N) is 5. The highest BCUT2D eigenvalue weighted by molar-refractivity contribution is 6.03. The van der Waals surface area contributed by atoms with Gasteiger partial charge in [0.1, 0.15) is 23.1 Å². The Bertz CT molecular complexity index is 1250. The second-order valence-electron chi connectivity index (χ2n) is 14.7. The molecule has 2 fully saturated rings. The Morgan fingerprint density at radius 3 is 1.80 bits per heavy atom. The van der Waals surface area contributed by atoms with Gasteiger partial charge in [0.15, 0.2) is 5.66 Å². The molecular formula is C33H52N6O7. The van der Waals surface area contributed by atoms with E-state index in [-0.39, 0.29) is 18.8 Å². The summed E-state index contributed by atoms with van der Waals surface area (Å²) in [4.78, 5) is 62.4. The quantitative estimate of drug-likeness (QED) is 0.253. The number of benzene rings is 1. The zero-order valence-corrected chi connectivity index (χ0v) is 28.9. The second kappa shape index (κ2) is 14.4. The largest absolute Gasteiger partial charge is 0.458 e. The van der Waals surface area contributed by atoms with E-state index in [9.17, 15) is 19.2 Å². The summed E-state index contributed by atoms with van der Waals surface area (Å²) in [5.74, 6) is -0.415. The summed E-state index contributed by atoms with van der Waals surface area (Å²) in [7, 11) is 0. The van der Waals surface area contributed by atoms with Gasteiger partial charge in [0, 0.05) is 51.4 Å². The molecule has 2 aliphatic rings. The summed E-state index contributed by atoms with van der Waals surface area (Å²) in [6.07, 6.45) is 0.378. The normalized spacial score (nSPS) is 18.0. The van der Waals surface area contributed by atoms with Gasteiger partial charge in [-0.05, 0) is 93.4 Å². The molecule has 2 heterocycles. The first-order valence-corrected chi connectivity index (χ1v) is 15.9. The molecule has 13 heteroatoms. The van der Waals surface area contributed by atoms with Gasteiger partial charge in [0.25, 0.3) is 0 Å². The number of aldehydes is 1. The molecule has 0 unspecified atom stereocenters. The van der Waals surface area contributed by atoms with Crippen LogP contribution in [0.2, 0.25) is 0 Å². The zero-order chi connectivity index (χ0) is 34.5. The minimum Gasteiger partial charge on any atom is -0.458 e. The predicted octanol–water partition coefficient (Wildman–Crippen LogP) is 4.65. The van der Waals surface area contributed by atoms with E-state index in [1.165, 1.54) is 9.80 Å². The molecule has 2 saturated heterocycles. The van der Waals surface area contributed by atoms with Gasteiger partial charge in [-0.15, -0.1) is 0 Å². The van der Waals surface area contributed by atoms with Crippen molar-refractivity contribution < 1.29 is 33.4 Å². The number of hydrogen-bond donors (Lipinski definition) is 1. The van der Waals surface area contributed by atoms with Gasteiger partial charge in [0.05, 0.1) is 5.69 Å². The average molecular weight is 645 g/mol. The standard InChI is InChI=1S/C33H52N6O7/c1-30(2,3)44-26(41)33(34,15-11-22-40)37-20-18-36(19-21-37)25-14-10-13-24(23-25)35-27-38(28(42)45-31(4,5)6)16-12-17-39(27)29(43)46-32(7,8)9/h10,13-14,22-23H,11-12,15-21,34H2,1-9H3/t33-/m0/s1. The van der Waals surface area contributed by atoms with E-state index < -0.39 is 40.6 Å². The first-order chi connectivity index (χ1) is 21.2. The number of esters is 1. The number of piperazine rings is 1. The monoisotopic (exact) mass is 644 g/mol. The Hall–Kier alpha value is -3.71. The third-order valence-electron chi connectivity index (χ3n) is 7.14. The molecule has 2 N–H and O–H groups in total. The van der Waals surface area contributed by atoms with Crippen molar-refractivity contribution in [1.29, 1.82) is 0 Å². The number of carbonyl (C=O) groups excluding carboxylic acids is 4. The fourth-order valence-corrected chi connectivity index (χ4v) is 5.11. The highest BCUT2D eigenvalue weighted by Crippen LogP contribution is 2.28. The molecule has 1 aromatic carbocycles. The van der Waals surface area contributed by atoms with Crippen LogP contribution in [0, 0.1) is 0 Å². The van der Waals surface area contributed by atoms with E-state index >= 15 is 0 Å². The number of aliphatic imine (C=N–C) groups is 1. The van der Waals surface area contributed by atoms with E-state index in [0.717, 1.165) is 12.0 Å². The molecule has 1 aromatic rings. The van der Waals surface area contributed by atoms with Crippen molar-refractivity contribution in [2.75, 3.05) is 44.2 Å². The summed E-state index contributed by atoms with van der Waals surface area (Å²) in [6, 6.07) is 7.49. The van der Waals surface area contributed by atoms with Crippen LogP contribution in [0.1, 0.15) is 81.6 Å². The van der Waals surface area contributed by atoms with Crippen LogP contribution in [0.4, 0.5) is 21.0 Å². The lowest BCUT2D eigenvalue weighted by molar-refractivity contribution is -0.171. The van der Waals surface area contributed by atoms with Crippen LogP contribution in [0.25, 0.3) is 0 Å². The minimum absolute atomic E-state index is 0.136. The Balaban J connectivity index is 1.88. The first-order valence-electron chi connectivity index (χ1n) is 15.9. The van der Waals surface area contributed by atoms with Crippen LogP contribution in [0.5, 0.6) is 0 Å². The van der Waals surface area contributed by atoms with Crippen LogP contribution >= 0.6 is 0 Å². The number of ether oxygens (including phenoxy) is 3. The van der Waals surface area contributed by atoms with Gasteiger partial charge in [-0.2, -0.15) is 0 Å². The first kappa shape index (κ1) is 36.8. The average Bonchev–Trinajstić information content (AvgIpc) is 2.93. The topological polar surface area (TPSA) is 147 Å². The van der Waals surface area contributed by atoms with Gasteiger partial charge in [-0.25, -0.2) is 29.2 Å². The van der Waals surface area contributed by atoms with E-state index in [0.29, 0.717) is 51.4 Å². The summed E-state index contributed by atoms with van der Waals surface area (Å²) in [5, 5.41) is 0. The summed E-state index contributed by atoms with van der Waals surface area (Å²) < 4.78 is 16.9. The Morgan fingerprint density at radius 2 is 1.33 bits per heavy atom. The van der Waals surface area contributed by atoms with Gasteiger partial charge in [-0.1, -0.05) is 6.07 Å². The van der Waals surface area contributed by atoms with Gasteiger partial charge in [-0.3, -0.25) is 4.90 Å². The second-order valence-corrected chi connectivity index (χ2v) is 14.7. The van der Waals surface area contributed by atoms with Crippen LogP contribution in [0.15, 0.2) is 29.3 Å². The molecule has 0 bridgehead atoms. The third kappa shape index (κ3) is 10.1. The van der Waals surface area contributed by atoms with Gasteiger partial charge >= 0.3 is 18.2 Å². The fraction of sp³-hybridized carbons (Fsp3) is 0.667. The van der Waals surface area contributed by atoms with Crippen LogP contribution in [-0.4, -0.2) is 107 Å². The van der Waals surface area contributed by atoms with Crippen LogP contribution in [-0.2, 0) is 23.8 Å². The molecule has 0 aliphatic carbocycles. The molecule has 0 radical (unpaired) electrons. The molecule has 256 valence electrons. The number of rotatable bonds is 7. The highest BCUT2D eigenvalue weighted by atomic mass is 16.6. The van der Waals surface area contributed by atoms with Crippen molar-refractivity contribution in [3.05, 3.63) is 24.3 Å². The summed E-state index contributed by atoms with van der Waals surface area (Å²) in [6.45, 7) is 18.7. The molecule has 2 aliphatic heterocycles. The summed E-state index contributed by atoms with van der Waals surface area (Å²) >= 11 is 0. The number of carbonyl (C=O) groups is 4. The lowest BCUT2D eigenvalue weighted by atomic mass is 10.0. The van der Waals surface area contributed by atoms with E-state index in [1.807, 2.05) is 23.1 Å². The Labute approximate surface area is 273 Å². The number of anilines is 1. The zero-order valence-electron chi connectivity index (χ0n) is 28.9. The molecule has 2 amide bonds. The molecule has 0 spiro atoms. The lowest BCUT2D eigenvalue weighted by Crippen LogP contribution is -2.67. The van der Waals surface area contributed by atoms with Crippen molar-refractivity contribution in [3.63, 3.8) is 0 Å². The van der Waals surface area contributed by atoms with E-state index in [2.05, 4.69) is 4.90 Å². The fourth-order valence-electron chi connectivity index (χ4n) is 5.11. The van der Waals surface area contributed by atoms with Crippen molar-refractivity contribution in [1.82, 2.24) is 14.7 Å². The smallest absolute Gasteiger partial charge is 0.417 e. The molecule has 1 atom stereocenters. The highest BCUT2D eigenvalue weighted by Gasteiger charge is 2.44. The Morgan fingerprint density at radius 1 is 0.804 bits per heavy atom. The van der Waals surface area contributed by atoms with E-state index in [4.69, 9.17) is 24.9 Å². The molecule has 46 heavy (non-hydrogen) atoms. The number of amides is 2. The van der Waals surface area contributed by atoms with Crippen molar-refractivity contribution in [2.45, 2.75) is 104 Å². The maximum absolute atomic E-state index is 13.3. The van der Waals surface area contributed by atoms with Crippen molar-refractivity contribution in [3.8, 4) is 0 Å². The SMILES string of the molecule is CC(C)(C)OC(=O)N1CCCN(C(=O)OC(C)(C)C)C1=Nc1cccc(N2CCN([C@@](N)(CCC=O)C(=O)OC(C)(C)C)CC2)c1. The molecule has 13 nitrogen and oxygen atoms in total. The molecule has 0 saturated carbocycles. The minimum atomic E-state index is -1.43. The molecular weight excluding hydrogens is 592 g/mol. The van der Waals surface area contributed by atoms with Gasteiger partial charge in [0.2, 0.25) is 5.96 Å². The molecule has 3 rings (SSSR count). The maximum atomic E-state index is 13.3. The Kier molecular flexibility index (Phi) is 11.5. The number of guanidine groups is 1. The number of nitrogens with two attached hydrogens (primary N) is 1. The van der Waals surface area contributed by atoms with Gasteiger partial charge < -0.3 is 29.6 Å². The lowest BCUT2D eigenvalue weighted by Gasteiger charge is -2.45. The van der Waals surface area contributed by atoms with Crippen molar-refractivity contribution >= 4 is 41.8 Å². The van der Waals surface area contributed by atoms with E-state index in [1.54, 1.807) is 68.4 Å². The van der Waals surface area contributed by atoms with Crippen LogP contribution in [0.3, 0.4) is 0 Å². The molecule has 0 aromatic heterocycles. The maximum Gasteiger partial charge on any atom is 0.417 e. The van der Waals surface area contributed by atoms with Crippen molar-refractivity contribution in [2.24, 2.45) is 10.7 Å².